The van der Waals surface area contributed by atoms with Crippen LogP contribution in [-0.4, -0.2) is 35.5 Å². The predicted octanol–water partition coefficient (Wildman–Crippen LogP) is 1.82. The summed E-state index contributed by atoms with van der Waals surface area (Å²) in [4.78, 5) is 0. The molecular weight excluding hydrogens is 265 g/mol. The van der Waals surface area contributed by atoms with Crippen LogP contribution in [0.15, 0.2) is 30.3 Å². The van der Waals surface area contributed by atoms with E-state index in [-0.39, 0.29) is 0 Å². The van der Waals surface area contributed by atoms with Gasteiger partial charge in [0.25, 0.3) is 0 Å². The topological polar surface area (TPSA) is 52.3 Å². The zero-order valence-corrected chi connectivity index (χ0v) is 11.7. The molecule has 0 amide bonds. The Balaban J connectivity index is 2.16. The SMILES string of the molecule is COC(c1ccc(C2=CCS(=O)C2)cc1)C(N)CF. The van der Waals surface area contributed by atoms with Gasteiger partial charge in [-0.05, 0) is 16.7 Å². The zero-order chi connectivity index (χ0) is 13.8. The smallest absolute Gasteiger partial charge is 0.107 e. The number of rotatable bonds is 5. The average molecular weight is 283 g/mol. The summed E-state index contributed by atoms with van der Waals surface area (Å²) in [6.45, 7) is -0.621. The maximum Gasteiger partial charge on any atom is 0.107 e. The third-order valence-electron chi connectivity index (χ3n) is 3.26. The van der Waals surface area contributed by atoms with Crippen LogP contribution in [0.5, 0.6) is 0 Å². The van der Waals surface area contributed by atoms with E-state index in [1.165, 1.54) is 7.11 Å². The molecule has 1 aromatic rings. The molecule has 104 valence electrons. The second-order valence-corrected chi connectivity index (χ2v) is 6.08. The van der Waals surface area contributed by atoms with Gasteiger partial charge in [0.1, 0.15) is 6.67 Å². The molecule has 2 N–H and O–H groups in total. The number of methoxy groups -OCH3 is 1. The number of alkyl halides is 1. The lowest BCUT2D eigenvalue weighted by Gasteiger charge is -2.20. The first-order chi connectivity index (χ1) is 9.15. The molecule has 1 aliphatic heterocycles. The van der Waals surface area contributed by atoms with E-state index in [2.05, 4.69) is 0 Å². The van der Waals surface area contributed by atoms with E-state index in [0.29, 0.717) is 11.5 Å². The van der Waals surface area contributed by atoms with Crippen molar-refractivity contribution in [1.82, 2.24) is 0 Å². The number of hydrogen-bond acceptors (Lipinski definition) is 3. The number of ether oxygens (including phenoxy) is 1. The van der Waals surface area contributed by atoms with Gasteiger partial charge in [-0.1, -0.05) is 30.3 Å². The van der Waals surface area contributed by atoms with E-state index in [1.807, 2.05) is 30.3 Å². The van der Waals surface area contributed by atoms with Gasteiger partial charge in [0.15, 0.2) is 0 Å². The van der Waals surface area contributed by atoms with Gasteiger partial charge < -0.3 is 10.5 Å². The standard InChI is InChI=1S/C14H18FNO2S/c1-18-14(13(16)8-15)11-4-2-10(3-5-11)12-6-7-19(17)9-12/h2-6,13-14H,7-9,16H2,1H3. The summed E-state index contributed by atoms with van der Waals surface area (Å²) in [6.07, 6.45) is 1.57. The van der Waals surface area contributed by atoms with Crippen molar-refractivity contribution in [3.63, 3.8) is 0 Å². The lowest BCUT2D eigenvalue weighted by Crippen LogP contribution is -2.31. The maximum atomic E-state index is 12.6. The molecule has 0 fully saturated rings. The zero-order valence-electron chi connectivity index (χ0n) is 10.8. The van der Waals surface area contributed by atoms with Crippen molar-refractivity contribution in [2.75, 3.05) is 25.3 Å². The minimum Gasteiger partial charge on any atom is -0.375 e. The van der Waals surface area contributed by atoms with E-state index in [1.54, 1.807) is 0 Å². The number of hydrogen-bond donors (Lipinski definition) is 1. The summed E-state index contributed by atoms with van der Waals surface area (Å²) < 4.78 is 29.2. The predicted molar refractivity (Wildman–Crippen MR) is 76.0 cm³/mol. The van der Waals surface area contributed by atoms with Crippen molar-refractivity contribution in [1.29, 1.82) is 0 Å². The molecule has 1 aromatic carbocycles. The number of benzene rings is 1. The Morgan fingerprint density at radius 1 is 1.42 bits per heavy atom. The van der Waals surface area contributed by atoms with Crippen LogP contribution < -0.4 is 5.73 Å². The largest absolute Gasteiger partial charge is 0.375 e. The molecule has 0 saturated carbocycles. The van der Waals surface area contributed by atoms with Crippen LogP contribution in [0.1, 0.15) is 17.2 Å². The van der Waals surface area contributed by atoms with Gasteiger partial charge in [0.2, 0.25) is 0 Å². The molecule has 3 atom stereocenters. The van der Waals surface area contributed by atoms with E-state index in [9.17, 15) is 8.60 Å². The van der Waals surface area contributed by atoms with Crippen LogP contribution >= 0.6 is 0 Å². The maximum absolute atomic E-state index is 12.6. The number of nitrogens with two attached hydrogens (primary N) is 1. The molecular formula is C14H18FNO2S. The van der Waals surface area contributed by atoms with Crippen LogP contribution in [-0.2, 0) is 15.5 Å². The van der Waals surface area contributed by atoms with Crippen LogP contribution in [0.2, 0.25) is 0 Å². The summed E-state index contributed by atoms with van der Waals surface area (Å²) in [5.74, 6) is 1.24. The first-order valence-corrected chi connectivity index (χ1v) is 7.63. The van der Waals surface area contributed by atoms with Crippen LogP contribution in [0.25, 0.3) is 5.57 Å². The lowest BCUT2D eigenvalue weighted by atomic mass is 9.99. The summed E-state index contributed by atoms with van der Waals surface area (Å²) >= 11 is 0. The fourth-order valence-corrected chi connectivity index (χ4v) is 3.35. The Morgan fingerprint density at radius 2 is 2.11 bits per heavy atom. The van der Waals surface area contributed by atoms with Crippen molar-refractivity contribution in [3.8, 4) is 0 Å². The molecule has 3 nitrogen and oxygen atoms in total. The third-order valence-corrected chi connectivity index (χ3v) is 4.43. The third kappa shape index (κ3) is 3.29. The second kappa shape index (κ2) is 6.41. The normalized spacial score (nSPS) is 22.1. The van der Waals surface area contributed by atoms with E-state index in [4.69, 9.17) is 10.5 Å². The molecule has 19 heavy (non-hydrogen) atoms. The highest BCUT2D eigenvalue weighted by atomic mass is 32.2. The second-order valence-electron chi connectivity index (χ2n) is 4.58. The molecule has 0 aromatic heterocycles. The lowest BCUT2D eigenvalue weighted by molar-refractivity contribution is 0.0721. The highest BCUT2D eigenvalue weighted by Gasteiger charge is 2.20. The van der Waals surface area contributed by atoms with Crippen molar-refractivity contribution in [3.05, 3.63) is 41.5 Å². The van der Waals surface area contributed by atoms with Gasteiger partial charge in [0, 0.05) is 29.4 Å². The number of halogens is 1. The minimum absolute atomic E-state index is 0.439. The van der Waals surface area contributed by atoms with Crippen LogP contribution in [0.3, 0.4) is 0 Å². The molecule has 1 aliphatic rings. The fourth-order valence-electron chi connectivity index (χ4n) is 2.21. The van der Waals surface area contributed by atoms with Crippen molar-refractivity contribution >= 4 is 16.4 Å². The molecule has 1 heterocycles. The first-order valence-electron chi connectivity index (χ1n) is 6.14. The summed E-state index contributed by atoms with van der Waals surface area (Å²) in [5.41, 5.74) is 8.70. The summed E-state index contributed by atoms with van der Waals surface area (Å²) in [7, 11) is 0.760. The van der Waals surface area contributed by atoms with Gasteiger partial charge in [-0.15, -0.1) is 0 Å². The Labute approximate surface area is 115 Å². The molecule has 0 bridgehead atoms. The Kier molecular flexibility index (Phi) is 4.85. The van der Waals surface area contributed by atoms with Crippen molar-refractivity contribution in [2.45, 2.75) is 12.1 Å². The molecule has 2 rings (SSSR count). The van der Waals surface area contributed by atoms with Crippen molar-refractivity contribution in [2.24, 2.45) is 5.73 Å². The van der Waals surface area contributed by atoms with Crippen molar-refractivity contribution < 1.29 is 13.3 Å². The fraction of sp³-hybridized carbons (Fsp3) is 0.429. The van der Waals surface area contributed by atoms with E-state index < -0.39 is 29.6 Å². The Hall–Kier alpha value is -1.04. The molecule has 0 saturated heterocycles. The molecule has 5 heteroatoms. The highest BCUT2D eigenvalue weighted by molar-refractivity contribution is 7.86. The van der Waals surface area contributed by atoms with Gasteiger partial charge in [-0.3, -0.25) is 4.21 Å². The molecule has 0 aliphatic carbocycles. The molecule has 3 unspecified atom stereocenters. The summed E-state index contributed by atoms with van der Waals surface area (Å²) in [6, 6.07) is 7.01. The van der Waals surface area contributed by atoms with Gasteiger partial charge in [0.05, 0.1) is 12.1 Å². The van der Waals surface area contributed by atoms with Crippen LogP contribution in [0, 0.1) is 0 Å². The van der Waals surface area contributed by atoms with Crippen LogP contribution in [0.4, 0.5) is 4.39 Å². The Bertz CT molecular complexity index is 487. The van der Waals surface area contributed by atoms with Gasteiger partial charge in [-0.2, -0.15) is 0 Å². The first kappa shape index (κ1) is 14.4. The Morgan fingerprint density at radius 3 is 2.58 bits per heavy atom. The highest BCUT2D eigenvalue weighted by Crippen LogP contribution is 2.25. The van der Waals surface area contributed by atoms with E-state index >= 15 is 0 Å². The van der Waals surface area contributed by atoms with E-state index in [0.717, 1.165) is 16.7 Å². The summed E-state index contributed by atoms with van der Waals surface area (Å²) in [5, 5.41) is 0. The minimum atomic E-state index is -0.765. The van der Waals surface area contributed by atoms with Gasteiger partial charge in [-0.25, -0.2) is 4.39 Å². The average Bonchev–Trinajstić information content (AvgIpc) is 2.87. The van der Waals surface area contributed by atoms with Gasteiger partial charge >= 0.3 is 0 Å². The monoisotopic (exact) mass is 283 g/mol. The quantitative estimate of drug-likeness (QED) is 0.896. The molecule has 0 spiro atoms. The molecule has 0 radical (unpaired) electrons.